The molecular formula is C15H23N3O3. The van der Waals surface area contributed by atoms with E-state index in [0.717, 1.165) is 5.56 Å². The van der Waals surface area contributed by atoms with Gasteiger partial charge in [0.05, 0.1) is 0 Å². The predicted molar refractivity (Wildman–Crippen MR) is 80.0 cm³/mol. The SMILES string of the molecule is CC(C)CC(NC(=O)N(C)CCc1ccncc1)C(=O)O. The largest absolute Gasteiger partial charge is 0.480 e. The van der Waals surface area contributed by atoms with E-state index in [1.165, 1.54) is 4.90 Å². The van der Waals surface area contributed by atoms with Crippen LogP contribution in [0.25, 0.3) is 0 Å². The number of rotatable bonds is 7. The van der Waals surface area contributed by atoms with E-state index in [9.17, 15) is 9.59 Å². The minimum atomic E-state index is -1.00. The van der Waals surface area contributed by atoms with E-state index in [-0.39, 0.29) is 11.9 Å². The van der Waals surface area contributed by atoms with Gasteiger partial charge in [-0.2, -0.15) is 0 Å². The second-order valence-electron chi connectivity index (χ2n) is 5.50. The maximum Gasteiger partial charge on any atom is 0.326 e. The van der Waals surface area contributed by atoms with E-state index in [1.807, 2.05) is 26.0 Å². The summed E-state index contributed by atoms with van der Waals surface area (Å²) in [7, 11) is 1.66. The Morgan fingerprint density at radius 1 is 1.33 bits per heavy atom. The topological polar surface area (TPSA) is 82.5 Å². The lowest BCUT2D eigenvalue weighted by atomic mass is 10.0. The quantitative estimate of drug-likeness (QED) is 0.802. The van der Waals surface area contributed by atoms with Crippen molar-refractivity contribution in [2.75, 3.05) is 13.6 Å². The molecule has 1 aromatic heterocycles. The highest BCUT2D eigenvalue weighted by Crippen LogP contribution is 2.06. The first-order chi connectivity index (χ1) is 9.90. The van der Waals surface area contributed by atoms with Crippen LogP contribution in [0.4, 0.5) is 4.79 Å². The highest BCUT2D eigenvalue weighted by molar-refractivity contribution is 5.82. The van der Waals surface area contributed by atoms with Gasteiger partial charge in [-0.15, -0.1) is 0 Å². The smallest absolute Gasteiger partial charge is 0.326 e. The number of urea groups is 1. The Labute approximate surface area is 125 Å². The molecule has 0 aliphatic carbocycles. The number of hydrogen-bond acceptors (Lipinski definition) is 3. The Morgan fingerprint density at radius 2 is 1.95 bits per heavy atom. The number of nitrogens with zero attached hydrogens (tertiary/aromatic N) is 2. The average molecular weight is 293 g/mol. The third kappa shape index (κ3) is 6.25. The van der Waals surface area contributed by atoms with Crippen molar-refractivity contribution in [3.05, 3.63) is 30.1 Å². The van der Waals surface area contributed by atoms with Crippen LogP contribution in [-0.2, 0) is 11.2 Å². The number of nitrogens with one attached hydrogen (secondary N) is 1. The molecule has 6 heteroatoms. The highest BCUT2D eigenvalue weighted by Gasteiger charge is 2.22. The van der Waals surface area contributed by atoms with Crippen molar-refractivity contribution in [3.63, 3.8) is 0 Å². The molecule has 0 aromatic carbocycles. The second kappa shape index (κ2) is 8.24. The van der Waals surface area contributed by atoms with Crippen molar-refractivity contribution in [2.24, 2.45) is 5.92 Å². The third-order valence-electron chi connectivity index (χ3n) is 3.13. The van der Waals surface area contributed by atoms with Crippen LogP contribution < -0.4 is 5.32 Å². The minimum Gasteiger partial charge on any atom is -0.480 e. The zero-order valence-electron chi connectivity index (χ0n) is 12.7. The molecule has 1 heterocycles. The van der Waals surface area contributed by atoms with Crippen molar-refractivity contribution in [2.45, 2.75) is 32.7 Å². The van der Waals surface area contributed by atoms with Gasteiger partial charge in [-0.05, 0) is 36.5 Å². The fraction of sp³-hybridized carbons (Fsp3) is 0.533. The molecule has 1 unspecified atom stereocenters. The third-order valence-corrected chi connectivity index (χ3v) is 3.13. The Morgan fingerprint density at radius 3 is 2.48 bits per heavy atom. The van der Waals surface area contributed by atoms with Gasteiger partial charge in [0.15, 0.2) is 0 Å². The Hall–Kier alpha value is -2.11. The molecule has 6 nitrogen and oxygen atoms in total. The van der Waals surface area contributed by atoms with E-state index >= 15 is 0 Å². The van der Waals surface area contributed by atoms with Crippen LogP contribution in [0.3, 0.4) is 0 Å². The first-order valence-corrected chi connectivity index (χ1v) is 7.03. The van der Waals surface area contributed by atoms with Crippen molar-refractivity contribution in [3.8, 4) is 0 Å². The average Bonchev–Trinajstić information content (AvgIpc) is 2.44. The van der Waals surface area contributed by atoms with Gasteiger partial charge in [0.2, 0.25) is 0 Å². The molecule has 0 radical (unpaired) electrons. The van der Waals surface area contributed by atoms with Crippen LogP contribution in [0.2, 0.25) is 0 Å². The summed E-state index contributed by atoms with van der Waals surface area (Å²) in [6.45, 7) is 4.37. The number of amides is 2. The first-order valence-electron chi connectivity index (χ1n) is 7.03. The maximum atomic E-state index is 12.0. The van der Waals surface area contributed by atoms with Gasteiger partial charge in [0.25, 0.3) is 0 Å². The Bertz CT molecular complexity index is 462. The number of pyridine rings is 1. The zero-order chi connectivity index (χ0) is 15.8. The first kappa shape index (κ1) is 16.9. The van der Waals surface area contributed by atoms with Crippen LogP contribution >= 0.6 is 0 Å². The fourth-order valence-electron chi connectivity index (χ4n) is 1.90. The molecule has 1 atom stereocenters. The van der Waals surface area contributed by atoms with Gasteiger partial charge in [0, 0.05) is 26.0 Å². The molecule has 0 aliphatic rings. The summed E-state index contributed by atoms with van der Waals surface area (Å²) in [5.74, 6) is -0.798. The van der Waals surface area contributed by atoms with Gasteiger partial charge < -0.3 is 15.3 Å². The fourth-order valence-corrected chi connectivity index (χ4v) is 1.90. The van der Waals surface area contributed by atoms with Gasteiger partial charge in [0.1, 0.15) is 6.04 Å². The maximum absolute atomic E-state index is 12.0. The molecule has 0 spiro atoms. The second-order valence-corrected chi connectivity index (χ2v) is 5.50. The van der Waals surface area contributed by atoms with Gasteiger partial charge in [-0.3, -0.25) is 4.98 Å². The summed E-state index contributed by atoms with van der Waals surface area (Å²) in [4.78, 5) is 28.6. The number of hydrogen-bond donors (Lipinski definition) is 2. The van der Waals surface area contributed by atoms with Crippen LogP contribution in [0.15, 0.2) is 24.5 Å². The van der Waals surface area contributed by atoms with E-state index in [4.69, 9.17) is 5.11 Å². The molecule has 116 valence electrons. The van der Waals surface area contributed by atoms with Crippen molar-refractivity contribution >= 4 is 12.0 Å². The molecule has 0 saturated carbocycles. The van der Waals surface area contributed by atoms with Crippen LogP contribution in [0.1, 0.15) is 25.8 Å². The predicted octanol–water partition coefficient (Wildman–Crippen LogP) is 1.76. The lowest BCUT2D eigenvalue weighted by Crippen LogP contribution is -2.47. The number of aliphatic carboxylic acids is 1. The number of carbonyl (C=O) groups is 2. The summed E-state index contributed by atoms with van der Waals surface area (Å²) < 4.78 is 0. The lowest BCUT2D eigenvalue weighted by molar-refractivity contribution is -0.139. The van der Waals surface area contributed by atoms with Crippen LogP contribution in [0.5, 0.6) is 0 Å². The summed E-state index contributed by atoms with van der Waals surface area (Å²) >= 11 is 0. The summed E-state index contributed by atoms with van der Waals surface area (Å²) in [6.07, 6.45) is 4.53. The highest BCUT2D eigenvalue weighted by atomic mass is 16.4. The number of carboxylic acids is 1. The Kier molecular flexibility index (Phi) is 6.65. The molecule has 2 N–H and O–H groups in total. The molecule has 2 amide bonds. The zero-order valence-corrected chi connectivity index (χ0v) is 12.7. The molecule has 0 fully saturated rings. The number of carboxylic acid groups (broad SMARTS) is 1. The molecule has 1 rings (SSSR count). The number of carbonyl (C=O) groups excluding carboxylic acids is 1. The number of likely N-dealkylation sites (N-methyl/N-ethyl adjacent to an activating group) is 1. The summed E-state index contributed by atoms with van der Waals surface area (Å²) in [6, 6.07) is 2.58. The van der Waals surface area contributed by atoms with Gasteiger partial charge in [-0.1, -0.05) is 13.8 Å². The standard InChI is InChI=1S/C15H23N3O3/c1-11(2)10-13(14(19)20)17-15(21)18(3)9-6-12-4-7-16-8-5-12/h4-5,7-8,11,13H,6,9-10H2,1-3H3,(H,17,21)(H,19,20). The van der Waals surface area contributed by atoms with Crippen molar-refractivity contribution in [1.82, 2.24) is 15.2 Å². The summed E-state index contributed by atoms with van der Waals surface area (Å²) in [5, 5.41) is 11.7. The van der Waals surface area contributed by atoms with Crippen molar-refractivity contribution < 1.29 is 14.7 Å². The summed E-state index contributed by atoms with van der Waals surface area (Å²) in [5.41, 5.74) is 1.08. The minimum absolute atomic E-state index is 0.202. The molecular weight excluding hydrogens is 270 g/mol. The lowest BCUT2D eigenvalue weighted by Gasteiger charge is -2.22. The van der Waals surface area contributed by atoms with E-state index in [2.05, 4.69) is 10.3 Å². The molecule has 0 saturated heterocycles. The van der Waals surface area contributed by atoms with Crippen LogP contribution in [-0.4, -0.2) is 46.6 Å². The van der Waals surface area contributed by atoms with E-state index in [1.54, 1.807) is 19.4 Å². The normalized spacial score (nSPS) is 12.0. The molecule has 0 aliphatic heterocycles. The van der Waals surface area contributed by atoms with Gasteiger partial charge in [-0.25, -0.2) is 9.59 Å². The number of aromatic nitrogens is 1. The molecule has 1 aromatic rings. The van der Waals surface area contributed by atoms with E-state index < -0.39 is 12.0 Å². The van der Waals surface area contributed by atoms with E-state index in [0.29, 0.717) is 19.4 Å². The van der Waals surface area contributed by atoms with Crippen molar-refractivity contribution in [1.29, 1.82) is 0 Å². The Balaban J connectivity index is 2.47. The van der Waals surface area contributed by atoms with Gasteiger partial charge >= 0.3 is 12.0 Å². The van der Waals surface area contributed by atoms with Crippen LogP contribution in [0, 0.1) is 5.92 Å². The molecule has 21 heavy (non-hydrogen) atoms. The monoisotopic (exact) mass is 293 g/mol. The molecule has 0 bridgehead atoms.